The number of carbonyl (C=O) groups is 1. The summed E-state index contributed by atoms with van der Waals surface area (Å²) in [6.45, 7) is 0. The zero-order valence-corrected chi connectivity index (χ0v) is 12.9. The maximum atomic E-state index is 12.5. The van der Waals surface area contributed by atoms with Crippen molar-refractivity contribution in [1.29, 1.82) is 0 Å². The van der Waals surface area contributed by atoms with E-state index >= 15 is 0 Å². The molecule has 116 valence electrons. The second kappa shape index (κ2) is 6.14. The van der Waals surface area contributed by atoms with Gasteiger partial charge in [0.1, 0.15) is 11.3 Å². The minimum absolute atomic E-state index is 0.230. The van der Waals surface area contributed by atoms with Gasteiger partial charge in [0.05, 0.1) is 12.7 Å². The lowest BCUT2D eigenvalue weighted by atomic mass is 10.1. The number of carbonyl (C=O) groups excluding carboxylic acids is 1. The zero-order chi connectivity index (χ0) is 16.4. The van der Waals surface area contributed by atoms with Gasteiger partial charge in [-0.1, -0.05) is 11.6 Å². The van der Waals surface area contributed by atoms with Gasteiger partial charge in [-0.2, -0.15) is 0 Å². The Balaban J connectivity index is 2.02. The number of nitrogens with one attached hydrogen (secondary N) is 1. The number of amides is 1. The normalized spacial score (nSPS) is 10.5. The smallest absolute Gasteiger partial charge is 0.337 e. The topological polar surface area (TPSA) is 68.5 Å². The second-order valence-corrected chi connectivity index (χ2v) is 5.24. The molecule has 1 amide bonds. The van der Waals surface area contributed by atoms with Crippen LogP contribution in [0.25, 0.3) is 11.0 Å². The molecular weight excluding hydrogens is 318 g/mol. The SMILES string of the molecule is COc1ccc2c(C(=O)Nc3ccc(Cl)cc3)cc(=O)oc2c1. The summed E-state index contributed by atoms with van der Waals surface area (Å²) in [5, 5.41) is 3.82. The van der Waals surface area contributed by atoms with Crippen LogP contribution >= 0.6 is 11.6 Å². The highest BCUT2D eigenvalue weighted by Crippen LogP contribution is 2.23. The predicted octanol–water partition coefficient (Wildman–Crippen LogP) is 3.71. The molecule has 0 fully saturated rings. The minimum atomic E-state index is -0.605. The molecule has 0 bridgehead atoms. The first kappa shape index (κ1) is 15.1. The highest BCUT2D eigenvalue weighted by Gasteiger charge is 2.14. The minimum Gasteiger partial charge on any atom is -0.497 e. The van der Waals surface area contributed by atoms with Gasteiger partial charge >= 0.3 is 5.63 Å². The number of anilines is 1. The molecule has 6 heteroatoms. The quantitative estimate of drug-likeness (QED) is 0.744. The van der Waals surface area contributed by atoms with Crippen LogP contribution in [-0.4, -0.2) is 13.0 Å². The fraction of sp³-hybridized carbons (Fsp3) is 0.0588. The summed E-state index contributed by atoms with van der Waals surface area (Å²) in [6, 6.07) is 12.8. The average molecular weight is 330 g/mol. The van der Waals surface area contributed by atoms with Crippen molar-refractivity contribution >= 4 is 34.2 Å². The van der Waals surface area contributed by atoms with Crippen LogP contribution in [0.1, 0.15) is 10.4 Å². The van der Waals surface area contributed by atoms with Crippen molar-refractivity contribution in [1.82, 2.24) is 0 Å². The van der Waals surface area contributed by atoms with Crippen molar-refractivity contribution < 1.29 is 13.9 Å². The first-order chi connectivity index (χ1) is 11.1. The first-order valence-corrected chi connectivity index (χ1v) is 7.13. The zero-order valence-electron chi connectivity index (χ0n) is 12.1. The lowest BCUT2D eigenvalue weighted by Crippen LogP contribution is -2.15. The van der Waals surface area contributed by atoms with E-state index < -0.39 is 11.5 Å². The maximum absolute atomic E-state index is 12.5. The number of fused-ring (bicyclic) bond motifs is 1. The van der Waals surface area contributed by atoms with Crippen molar-refractivity contribution in [2.24, 2.45) is 0 Å². The van der Waals surface area contributed by atoms with Gasteiger partial charge < -0.3 is 14.5 Å². The molecule has 0 aliphatic carbocycles. The molecule has 5 nitrogen and oxygen atoms in total. The van der Waals surface area contributed by atoms with Gasteiger partial charge in [0.15, 0.2) is 0 Å². The molecule has 3 rings (SSSR count). The van der Waals surface area contributed by atoms with Crippen molar-refractivity contribution in [3.8, 4) is 5.75 Å². The molecule has 3 aromatic rings. The van der Waals surface area contributed by atoms with Crippen molar-refractivity contribution in [2.75, 3.05) is 12.4 Å². The van der Waals surface area contributed by atoms with Gasteiger partial charge in [0.25, 0.3) is 5.91 Å². The predicted molar refractivity (Wildman–Crippen MR) is 88.4 cm³/mol. The van der Waals surface area contributed by atoms with Crippen LogP contribution < -0.4 is 15.7 Å². The van der Waals surface area contributed by atoms with E-state index in [1.165, 1.54) is 13.2 Å². The molecule has 0 spiro atoms. The highest BCUT2D eigenvalue weighted by molar-refractivity contribution is 6.30. The third-order valence-electron chi connectivity index (χ3n) is 3.30. The fourth-order valence-corrected chi connectivity index (χ4v) is 2.32. The Bertz CT molecular complexity index is 931. The summed E-state index contributed by atoms with van der Waals surface area (Å²) in [5.41, 5.74) is 0.494. The lowest BCUT2D eigenvalue weighted by Gasteiger charge is -2.08. The molecule has 1 aromatic heterocycles. The van der Waals surface area contributed by atoms with Crippen LogP contribution in [-0.2, 0) is 0 Å². The number of rotatable bonds is 3. The van der Waals surface area contributed by atoms with Crippen LogP contribution in [0.4, 0.5) is 5.69 Å². The third-order valence-corrected chi connectivity index (χ3v) is 3.55. The number of hydrogen-bond donors (Lipinski definition) is 1. The molecule has 0 unspecified atom stereocenters. The number of hydrogen-bond acceptors (Lipinski definition) is 4. The summed E-state index contributed by atoms with van der Waals surface area (Å²) >= 11 is 5.81. The molecule has 1 N–H and O–H groups in total. The first-order valence-electron chi connectivity index (χ1n) is 6.75. The summed E-state index contributed by atoms with van der Waals surface area (Å²) in [5.74, 6) is 0.131. The number of ether oxygens (including phenoxy) is 1. The van der Waals surface area contributed by atoms with E-state index in [-0.39, 0.29) is 11.1 Å². The Morgan fingerprint density at radius 1 is 1.13 bits per heavy atom. The van der Waals surface area contributed by atoms with Crippen LogP contribution in [0.15, 0.2) is 57.7 Å². The number of halogens is 1. The van der Waals surface area contributed by atoms with Gasteiger partial charge in [-0.3, -0.25) is 4.79 Å². The molecule has 1 heterocycles. The van der Waals surface area contributed by atoms with Crippen LogP contribution in [0.5, 0.6) is 5.75 Å². The highest BCUT2D eigenvalue weighted by atomic mass is 35.5. The van der Waals surface area contributed by atoms with Crippen LogP contribution in [0.2, 0.25) is 5.02 Å². The fourth-order valence-electron chi connectivity index (χ4n) is 2.19. The Hall–Kier alpha value is -2.79. The van der Waals surface area contributed by atoms with E-state index in [0.29, 0.717) is 21.8 Å². The standard InChI is InChI=1S/C17H12ClNO4/c1-22-12-6-7-13-14(9-16(20)23-15(13)8-12)17(21)19-11-4-2-10(18)3-5-11/h2-9H,1H3,(H,19,21). The Morgan fingerprint density at radius 3 is 2.57 bits per heavy atom. The van der Waals surface area contributed by atoms with E-state index in [1.54, 1.807) is 42.5 Å². The van der Waals surface area contributed by atoms with Crippen molar-refractivity contribution in [3.63, 3.8) is 0 Å². The van der Waals surface area contributed by atoms with E-state index in [0.717, 1.165) is 0 Å². The van der Waals surface area contributed by atoms with Gasteiger partial charge in [0.2, 0.25) is 0 Å². The molecule has 0 aliphatic rings. The Labute approximate surface area is 136 Å². The van der Waals surface area contributed by atoms with Crippen LogP contribution in [0, 0.1) is 0 Å². The van der Waals surface area contributed by atoms with E-state index in [1.807, 2.05) is 0 Å². The van der Waals surface area contributed by atoms with Crippen molar-refractivity contribution in [2.45, 2.75) is 0 Å². The number of methoxy groups -OCH3 is 1. The maximum Gasteiger partial charge on any atom is 0.337 e. The summed E-state index contributed by atoms with van der Waals surface area (Å²) in [4.78, 5) is 24.2. The Kier molecular flexibility index (Phi) is 4.04. The van der Waals surface area contributed by atoms with Gasteiger partial charge in [0, 0.05) is 28.2 Å². The monoisotopic (exact) mass is 329 g/mol. The van der Waals surface area contributed by atoms with Crippen molar-refractivity contribution in [3.05, 3.63) is 69.5 Å². The molecule has 0 saturated carbocycles. The molecule has 0 atom stereocenters. The molecular formula is C17H12ClNO4. The van der Waals surface area contributed by atoms with Gasteiger partial charge in [-0.15, -0.1) is 0 Å². The Morgan fingerprint density at radius 2 is 1.87 bits per heavy atom. The van der Waals surface area contributed by atoms with E-state index in [9.17, 15) is 9.59 Å². The van der Waals surface area contributed by atoms with E-state index in [4.69, 9.17) is 20.8 Å². The number of benzene rings is 2. The molecule has 0 aliphatic heterocycles. The largest absolute Gasteiger partial charge is 0.497 e. The van der Waals surface area contributed by atoms with Gasteiger partial charge in [-0.25, -0.2) is 4.79 Å². The lowest BCUT2D eigenvalue weighted by molar-refractivity contribution is 0.102. The summed E-state index contributed by atoms with van der Waals surface area (Å²) in [7, 11) is 1.51. The third kappa shape index (κ3) is 3.19. The van der Waals surface area contributed by atoms with Gasteiger partial charge in [-0.05, 0) is 36.4 Å². The van der Waals surface area contributed by atoms with E-state index in [2.05, 4.69) is 5.32 Å². The summed E-state index contributed by atoms with van der Waals surface area (Å²) < 4.78 is 10.2. The average Bonchev–Trinajstić information content (AvgIpc) is 2.55. The molecule has 0 radical (unpaired) electrons. The summed E-state index contributed by atoms with van der Waals surface area (Å²) in [6.07, 6.45) is 0. The van der Waals surface area contributed by atoms with Crippen LogP contribution in [0.3, 0.4) is 0 Å². The molecule has 2 aromatic carbocycles. The molecule has 0 saturated heterocycles. The molecule has 23 heavy (non-hydrogen) atoms. The second-order valence-electron chi connectivity index (χ2n) is 4.80.